The molecule has 0 bridgehead atoms. The van der Waals surface area contributed by atoms with Gasteiger partial charge in [0.25, 0.3) is 0 Å². The molecule has 126 valence electrons. The van der Waals surface area contributed by atoms with Crippen molar-refractivity contribution in [1.29, 1.82) is 0 Å². The molecule has 2 aliphatic heterocycles. The van der Waals surface area contributed by atoms with E-state index in [0.29, 0.717) is 25.6 Å². The number of hydrogen-bond donors (Lipinski definition) is 0. The number of carbonyl (C=O) groups excluding carboxylic acids is 2. The summed E-state index contributed by atoms with van der Waals surface area (Å²) in [5.41, 5.74) is -0.492. The minimum Gasteiger partial charge on any atom is -0.444 e. The Balaban J connectivity index is 1.77. The Morgan fingerprint density at radius 1 is 1.36 bits per heavy atom. The predicted octanol–water partition coefficient (Wildman–Crippen LogP) is 3.16. The zero-order chi connectivity index (χ0) is 16.2. The van der Waals surface area contributed by atoms with Crippen LogP contribution in [0.5, 0.6) is 0 Å². The van der Waals surface area contributed by atoms with Crippen molar-refractivity contribution < 1.29 is 19.1 Å². The normalized spacial score (nSPS) is 26.3. The van der Waals surface area contributed by atoms with Crippen LogP contribution in [0.4, 0.5) is 4.79 Å². The summed E-state index contributed by atoms with van der Waals surface area (Å²) in [4.78, 5) is 25.9. The van der Waals surface area contributed by atoms with E-state index in [1.807, 2.05) is 20.8 Å². The SMILES string of the molecule is CC(C)(C)OC(=O)N1CCC(=O)C(CCCC2CCCO2)C1. The Morgan fingerprint density at radius 2 is 2.14 bits per heavy atom. The van der Waals surface area contributed by atoms with E-state index < -0.39 is 5.60 Å². The van der Waals surface area contributed by atoms with Crippen molar-refractivity contribution >= 4 is 11.9 Å². The predicted molar refractivity (Wildman–Crippen MR) is 83.7 cm³/mol. The third-order valence-electron chi connectivity index (χ3n) is 4.28. The standard InChI is InChI=1S/C17H29NO4/c1-17(2,3)22-16(20)18-10-9-15(19)13(12-18)6-4-7-14-8-5-11-21-14/h13-14H,4-12H2,1-3H3. The van der Waals surface area contributed by atoms with E-state index in [4.69, 9.17) is 9.47 Å². The highest BCUT2D eigenvalue weighted by atomic mass is 16.6. The second kappa shape index (κ2) is 7.44. The average molecular weight is 311 g/mol. The highest BCUT2D eigenvalue weighted by molar-refractivity contribution is 5.84. The second-order valence-corrected chi connectivity index (χ2v) is 7.41. The van der Waals surface area contributed by atoms with E-state index >= 15 is 0 Å². The molecule has 22 heavy (non-hydrogen) atoms. The molecule has 0 aromatic carbocycles. The van der Waals surface area contributed by atoms with Gasteiger partial charge < -0.3 is 14.4 Å². The van der Waals surface area contributed by atoms with Gasteiger partial charge >= 0.3 is 6.09 Å². The number of amides is 1. The smallest absolute Gasteiger partial charge is 0.410 e. The molecule has 0 radical (unpaired) electrons. The fourth-order valence-corrected chi connectivity index (χ4v) is 3.12. The average Bonchev–Trinajstić information content (AvgIpc) is 2.92. The van der Waals surface area contributed by atoms with Gasteiger partial charge in [-0.05, 0) is 46.5 Å². The van der Waals surface area contributed by atoms with Gasteiger partial charge in [0, 0.05) is 32.0 Å². The number of nitrogens with zero attached hydrogens (tertiary/aromatic N) is 1. The highest BCUT2D eigenvalue weighted by Crippen LogP contribution is 2.23. The molecule has 2 fully saturated rings. The van der Waals surface area contributed by atoms with Crippen LogP contribution >= 0.6 is 0 Å². The summed E-state index contributed by atoms with van der Waals surface area (Å²) >= 11 is 0. The third-order valence-corrected chi connectivity index (χ3v) is 4.28. The first kappa shape index (κ1) is 17.3. The summed E-state index contributed by atoms with van der Waals surface area (Å²) in [5.74, 6) is 0.245. The van der Waals surface area contributed by atoms with Crippen molar-refractivity contribution in [2.24, 2.45) is 5.92 Å². The molecule has 0 N–H and O–H groups in total. The molecule has 5 heteroatoms. The lowest BCUT2D eigenvalue weighted by Gasteiger charge is -2.33. The number of Topliss-reactive ketones (excluding diaryl/α,β-unsaturated/α-hetero) is 1. The number of ketones is 1. The van der Waals surface area contributed by atoms with E-state index in [2.05, 4.69) is 0 Å². The molecule has 0 spiro atoms. The fourth-order valence-electron chi connectivity index (χ4n) is 3.12. The van der Waals surface area contributed by atoms with Gasteiger partial charge in [-0.25, -0.2) is 4.79 Å². The van der Waals surface area contributed by atoms with E-state index in [0.717, 1.165) is 38.7 Å². The number of piperidine rings is 1. The first-order chi connectivity index (χ1) is 10.3. The molecule has 0 aromatic rings. The van der Waals surface area contributed by atoms with Gasteiger partial charge in [0.2, 0.25) is 0 Å². The second-order valence-electron chi connectivity index (χ2n) is 7.41. The van der Waals surface area contributed by atoms with Crippen molar-refractivity contribution in [2.45, 2.75) is 71.0 Å². The Kier molecular flexibility index (Phi) is 5.84. The Morgan fingerprint density at radius 3 is 2.77 bits per heavy atom. The summed E-state index contributed by atoms with van der Waals surface area (Å²) < 4.78 is 11.0. The zero-order valence-electron chi connectivity index (χ0n) is 14.1. The quantitative estimate of drug-likeness (QED) is 0.800. The molecule has 1 amide bonds. The van der Waals surface area contributed by atoms with Crippen LogP contribution in [0.2, 0.25) is 0 Å². The summed E-state index contributed by atoms with van der Waals surface area (Å²) in [6, 6.07) is 0. The maximum absolute atomic E-state index is 12.1. The van der Waals surface area contributed by atoms with E-state index in [1.165, 1.54) is 0 Å². The molecular weight excluding hydrogens is 282 g/mol. The number of carbonyl (C=O) groups is 2. The van der Waals surface area contributed by atoms with Gasteiger partial charge in [-0.3, -0.25) is 4.79 Å². The Bertz CT molecular complexity index is 396. The van der Waals surface area contributed by atoms with Crippen LogP contribution in [0.1, 0.15) is 59.3 Å². The lowest BCUT2D eigenvalue weighted by atomic mass is 9.91. The molecule has 2 rings (SSSR count). The van der Waals surface area contributed by atoms with Gasteiger partial charge in [-0.2, -0.15) is 0 Å². The maximum Gasteiger partial charge on any atom is 0.410 e. The van der Waals surface area contributed by atoms with Crippen LogP contribution < -0.4 is 0 Å². The van der Waals surface area contributed by atoms with Crippen molar-refractivity contribution in [3.63, 3.8) is 0 Å². The maximum atomic E-state index is 12.1. The topological polar surface area (TPSA) is 55.8 Å². The van der Waals surface area contributed by atoms with Crippen molar-refractivity contribution in [1.82, 2.24) is 4.90 Å². The lowest BCUT2D eigenvalue weighted by molar-refractivity contribution is -0.126. The van der Waals surface area contributed by atoms with E-state index in [1.54, 1.807) is 4.90 Å². The van der Waals surface area contributed by atoms with Crippen LogP contribution in [0.25, 0.3) is 0 Å². The first-order valence-electron chi connectivity index (χ1n) is 8.47. The van der Waals surface area contributed by atoms with Gasteiger partial charge in [-0.15, -0.1) is 0 Å². The minimum atomic E-state index is -0.492. The van der Waals surface area contributed by atoms with Crippen LogP contribution in [0.15, 0.2) is 0 Å². The molecule has 2 saturated heterocycles. The number of hydrogen-bond acceptors (Lipinski definition) is 4. The lowest BCUT2D eigenvalue weighted by Crippen LogP contribution is -2.46. The van der Waals surface area contributed by atoms with Crippen molar-refractivity contribution in [2.75, 3.05) is 19.7 Å². The molecule has 2 heterocycles. The largest absolute Gasteiger partial charge is 0.444 e. The van der Waals surface area contributed by atoms with Gasteiger partial charge in [0.1, 0.15) is 11.4 Å². The van der Waals surface area contributed by atoms with Crippen molar-refractivity contribution in [3.8, 4) is 0 Å². The summed E-state index contributed by atoms with van der Waals surface area (Å²) in [5, 5.41) is 0. The number of likely N-dealkylation sites (tertiary alicyclic amines) is 1. The van der Waals surface area contributed by atoms with Crippen LogP contribution in [0.3, 0.4) is 0 Å². The van der Waals surface area contributed by atoms with E-state index in [-0.39, 0.29) is 17.8 Å². The van der Waals surface area contributed by atoms with E-state index in [9.17, 15) is 9.59 Å². The molecule has 0 saturated carbocycles. The summed E-state index contributed by atoms with van der Waals surface area (Å²) in [6.45, 7) is 7.44. The Labute approximate surface area is 133 Å². The zero-order valence-corrected chi connectivity index (χ0v) is 14.1. The van der Waals surface area contributed by atoms with Crippen LogP contribution in [-0.2, 0) is 14.3 Å². The van der Waals surface area contributed by atoms with Gasteiger partial charge in [0.15, 0.2) is 0 Å². The molecule has 2 aliphatic rings. The molecule has 2 unspecified atom stereocenters. The monoisotopic (exact) mass is 311 g/mol. The first-order valence-corrected chi connectivity index (χ1v) is 8.47. The third kappa shape index (κ3) is 5.27. The van der Waals surface area contributed by atoms with Crippen LogP contribution in [0, 0.1) is 5.92 Å². The molecule has 5 nitrogen and oxygen atoms in total. The van der Waals surface area contributed by atoms with Crippen molar-refractivity contribution in [3.05, 3.63) is 0 Å². The molecule has 0 aliphatic carbocycles. The number of ether oxygens (including phenoxy) is 2. The highest BCUT2D eigenvalue weighted by Gasteiger charge is 2.32. The number of rotatable bonds is 4. The summed E-state index contributed by atoms with van der Waals surface area (Å²) in [6.07, 6.45) is 5.67. The molecular formula is C17H29NO4. The molecule has 0 aromatic heterocycles. The minimum absolute atomic E-state index is 0.0392. The Hall–Kier alpha value is -1.10. The van der Waals surface area contributed by atoms with Gasteiger partial charge in [0.05, 0.1) is 6.10 Å². The molecule has 2 atom stereocenters. The van der Waals surface area contributed by atoms with Gasteiger partial charge in [-0.1, -0.05) is 6.42 Å². The van der Waals surface area contributed by atoms with Crippen LogP contribution in [-0.4, -0.2) is 48.2 Å². The summed E-state index contributed by atoms with van der Waals surface area (Å²) in [7, 11) is 0. The fraction of sp³-hybridized carbons (Fsp3) is 0.882.